The van der Waals surface area contributed by atoms with Crippen LogP contribution >= 0.6 is 0 Å². The van der Waals surface area contributed by atoms with Crippen molar-refractivity contribution < 1.29 is 4.79 Å². The van der Waals surface area contributed by atoms with Gasteiger partial charge in [-0.05, 0) is 37.4 Å². The van der Waals surface area contributed by atoms with E-state index in [1.54, 1.807) is 0 Å². The molecular formula is C24H31N3O. The highest BCUT2D eigenvalue weighted by molar-refractivity contribution is 5.79. The Hall–Kier alpha value is -2.17. The van der Waals surface area contributed by atoms with E-state index in [4.69, 9.17) is 0 Å². The highest BCUT2D eigenvalue weighted by Crippen LogP contribution is 2.30. The fourth-order valence-corrected chi connectivity index (χ4v) is 4.70. The summed E-state index contributed by atoms with van der Waals surface area (Å²) < 4.78 is 0. The number of hydrogen-bond donors (Lipinski definition) is 1. The second kappa shape index (κ2) is 8.89. The number of nitrogens with zero attached hydrogens (tertiary/aromatic N) is 2. The summed E-state index contributed by atoms with van der Waals surface area (Å²) in [5, 5.41) is 3.45. The van der Waals surface area contributed by atoms with Crippen LogP contribution in [0.15, 0.2) is 60.7 Å². The monoisotopic (exact) mass is 377 g/mol. The first kappa shape index (κ1) is 19.2. The lowest BCUT2D eigenvalue weighted by atomic mass is 9.91. The summed E-state index contributed by atoms with van der Waals surface area (Å²) in [4.78, 5) is 17.6. The van der Waals surface area contributed by atoms with Crippen molar-refractivity contribution in [1.82, 2.24) is 15.1 Å². The molecule has 2 aliphatic rings. The average molecular weight is 378 g/mol. The molecule has 2 aromatic carbocycles. The van der Waals surface area contributed by atoms with Crippen molar-refractivity contribution in [2.75, 3.05) is 32.7 Å². The van der Waals surface area contributed by atoms with Gasteiger partial charge in [0.15, 0.2) is 0 Å². The van der Waals surface area contributed by atoms with E-state index < -0.39 is 0 Å². The van der Waals surface area contributed by atoms with Crippen LogP contribution in [0, 0.1) is 5.92 Å². The highest BCUT2D eigenvalue weighted by atomic mass is 16.2. The second-order valence-electron chi connectivity index (χ2n) is 8.16. The summed E-state index contributed by atoms with van der Waals surface area (Å²) in [7, 11) is 0. The zero-order valence-corrected chi connectivity index (χ0v) is 16.8. The summed E-state index contributed by atoms with van der Waals surface area (Å²) in [6.45, 7) is 6.63. The summed E-state index contributed by atoms with van der Waals surface area (Å²) >= 11 is 0. The Bertz CT molecular complexity index is 716. The number of piperidine rings is 1. The molecular weight excluding hydrogens is 346 g/mol. The Kier molecular flexibility index (Phi) is 6.08. The van der Waals surface area contributed by atoms with Crippen molar-refractivity contribution >= 4 is 5.91 Å². The van der Waals surface area contributed by atoms with E-state index in [9.17, 15) is 4.79 Å². The molecule has 4 nitrogen and oxygen atoms in total. The van der Waals surface area contributed by atoms with Gasteiger partial charge in [0, 0.05) is 38.1 Å². The maximum Gasteiger partial charge on any atom is 0.225 e. The van der Waals surface area contributed by atoms with Crippen LogP contribution in [0.4, 0.5) is 0 Å². The molecule has 28 heavy (non-hydrogen) atoms. The molecule has 0 unspecified atom stereocenters. The second-order valence-corrected chi connectivity index (χ2v) is 8.16. The van der Waals surface area contributed by atoms with Crippen molar-refractivity contribution in [2.24, 2.45) is 5.92 Å². The van der Waals surface area contributed by atoms with Gasteiger partial charge in [0.05, 0.1) is 6.04 Å². The molecule has 4 rings (SSSR count). The number of carbonyl (C=O) groups excluding carboxylic acids is 1. The lowest BCUT2D eigenvalue weighted by Crippen LogP contribution is -2.52. The Morgan fingerprint density at radius 3 is 2.04 bits per heavy atom. The largest absolute Gasteiger partial charge is 0.340 e. The molecule has 0 spiro atoms. The zero-order valence-electron chi connectivity index (χ0n) is 16.8. The minimum atomic E-state index is 0.196. The van der Waals surface area contributed by atoms with Crippen molar-refractivity contribution in [3.63, 3.8) is 0 Å². The van der Waals surface area contributed by atoms with Crippen LogP contribution in [0.1, 0.15) is 36.9 Å². The number of benzene rings is 2. The topological polar surface area (TPSA) is 35.6 Å². The predicted molar refractivity (Wildman–Crippen MR) is 113 cm³/mol. The molecule has 0 bridgehead atoms. The Balaban J connectivity index is 1.45. The van der Waals surface area contributed by atoms with Crippen LogP contribution in [0.5, 0.6) is 0 Å². The van der Waals surface area contributed by atoms with Gasteiger partial charge in [-0.2, -0.15) is 0 Å². The molecule has 1 amide bonds. The first-order valence-corrected chi connectivity index (χ1v) is 10.6. The molecule has 4 heteroatoms. The third-order valence-electron chi connectivity index (χ3n) is 6.19. The van der Waals surface area contributed by atoms with Crippen LogP contribution < -0.4 is 5.32 Å². The fraction of sp³-hybridized carbons (Fsp3) is 0.458. The van der Waals surface area contributed by atoms with Gasteiger partial charge in [-0.25, -0.2) is 0 Å². The maximum absolute atomic E-state index is 13.0. The van der Waals surface area contributed by atoms with Gasteiger partial charge in [-0.15, -0.1) is 0 Å². The quantitative estimate of drug-likeness (QED) is 0.888. The van der Waals surface area contributed by atoms with E-state index >= 15 is 0 Å². The van der Waals surface area contributed by atoms with Crippen LogP contribution in [-0.2, 0) is 4.79 Å². The van der Waals surface area contributed by atoms with E-state index in [-0.39, 0.29) is 12.0 Å². The number of nitrogens with one attached hydrogen (secondary N) is 1. The molecule has 2 atom stereocenters. The van der Waals surface area contributed by atoms with Crippen LogP contribution in [0.2, 0.25) is 0 Å². The molecule has 1 N–H and O–H groups in total. The standard InChI is InChI=1S/C24H31N3O/c1-19-18-22(12-13-25-19)24(28)27-16-14-26(15-17-27)23(20-8-4-2-5-9-20)21-10-6-3-7-11-21/h2-11,19,22-23,25H,12-18H2,1H3/t19-,22-/m0/s1. The Labute approximate surface area is 168 Å². The Morgan fingerprint density at radius 2 is 1.50 bits per heavy atom. The number of piperazine rings is 1. The summed E-state index contributed by atoms with van der Waals surface area (Å²) in [5.74, 6) is 0.561. The molecule has 2 aliphatic heterocycles. The number of carbonyl (C=O) groups is 1. The van der Waals surface area contributed by atoms with E-state index in [2.05, 4.69) is 82.7 Å². The zero-order chi connectivity index (χ0) is 19.3. The van der Waals surface area contributed by atoms with E-state index in [1.807, 2.05) is 0 Å². The lowest BCUT2D eigenvalue weighted by Gasteiger charge is -2.41. The SMILES string of the molecule is C[C@H]1C[C@@H](C(=O)N2CCN(C(c3ccccc3)c3ccccc3)CC2)CCN1. The van der Waals surface area contributed by atoms with Gasteiger partial charge in [0.2, 0.25) is 5.91 Å². The number of hydrogen-bond acceptors (Lipinski definition) is 3. The third kappa shape index (κ3) is 4.29. The maximum atomic E-state index is 13.0. The van der Waals surface area contributed by atoms with Gasteiger partial charge >= 0.3 is 0 Å². The molecule has 2 fully saturated rings. The first-order valence-electron chi connectivity index (χ1n) is 10.6. The van der Waals surface area contributed by atoms with Crippen molar-refractivity contribution in [2.45, 2.75) is 31.8 Å². The molecule has 0 radical (unpaired) electrons. The third-order valence-corrected chi connectivity index (χ3v) is 6.19. The normalized spacial score (nSPS) is 23.7. The van der Waals surface area contributed by atoms with E-state index in [0.29, 0.717) is 11.9 Å². The van der Waals surface area contributed by atoms with Gasteiger partial charge in [0.25, 0.3) is 0 Å². The molecule has 148 valence electrons. The fourth-order valence-electron chi connectivity index (χ4n) is 4.70. The predicted octanol–water partition coefficient (Wildman–Crippen LogP) is 3.31. The smallest absolute Gasteiger partial charge is 0.225 e. The summed E-state index contributed by atoms with van der Waals surface area (Å²) in [5.41, 5.74) is 2.64. The Morgan fingerprint density at radius 1 is 0.929 bits per heavy atom. The first-order chi connectivity index (χ1) is 13.7. The van der Waals surface area contributed by atoms with Crippen molar-refractivity contribution in [3.05, 3.63) is 71.8 Å². The molecule has 0 saturated carbocycles. The molecule has 2 aromatic rings. The lowest BCUT2D eigenvalue weighted by molar-refractivity contribution is -0.138. The molecule has 0 aliphatic carbocycles. The van der Waals surface area contributed by atoms with E-state index in [1.165, 1.54) is 11.1 Å². The van der Waals surface area contributed by atoms with Crippen LogP contribution in [0.25, 0.3) is 0 Å². The summed E-state index contributed by atoms with van der Waals surface area (Å²) in [6, 6.07) is 22.2. The average Bonchev–Trinajstić information content (AvgIpc) is 2.75. The van der Waals surface area contributed by atoms with E-state index in [0.717, 1.165) is 45.6 Å². The van der Waals surface area contributed by atoms with Gasteiger partial charge in [0.1, 0.15) is 0 Å². The van der Waals surface area contributed by atoms with Gasteiger partial charge in [-0.1, -0.05) is 60.7 Å². The molecule has 0 aromatic heterocycles. The van der Waals surface area contributed by atoms with Crippen LogP contribution in [-0.4, -0.2) is 54.5 Å². The van der Waals surface area contributed by atoms with Crippen LogP contribution in [0.3, 0.4) is 0 Å². The minimum Gasteiger partial charge on any atom is -0.340 e. The number of amides is 1. The van der Waals surface area contributed by atoms with Gasteiger partial charge < -0.3 is 10.2 Å². The molecule has 2 heterocycles. The highest BCUT2D eigenvalue weighted by Gasteiger charge is 2.32. The summed E-state index contributed by atoms with van der Waals surface area (Å²) in [6.07, 6.45) is 1.94. The molecule has 2 saturated heterocycles. The number of rotatable bonds is 4. The minimum absolute atomic E-state index is 0.196. The van der Waals surface area contributed by atoms with Gasteiger partial charge in [-0.3, -0.25) is 9.69 Å². The van der Waals surface area contributed by atoms with Crippen molar-refractivity contribution in [1.29, 1.82) is 0 Å². The van der Waals surface area contributed by atoms with Crippen molar-refractivity contribution in [3.8, 4) is 0 Å².